The van der Waals surface area contributed by atoms with Crippen LogP contribution in [0.4, 0.5) is 5.69 Å². The van der Waals surface area contributed by atoms with Crippen molar-refractivity contribution in [2.24, 2.45) is 0 Å². The van der Waals surface area contributed by atoms with Crippen LogP contribution in [0.2, 0.25) is 0 Å². The number of nitrogens with one attached hydrogen (secondary N) is 1. The molecule has 10 nitrogen and oxygen atoms in total. The highest BCUT2D eigenvalue weighted by molar-refractivity contribution is 7.89. The first-order valence-corrected chi connectivity index (χ1v) is 13.0. The largest absolute Gasteiger partial charge is 0.489 e. The first kappa shape index (κ1) is 24.6. The maximum Gasteiger partial charge on any atom is 0.243 e. The molecule has 2 aliphatic rings. The second-order valence-electron chi connectivity index (χ2n) is 8.89. The molecule has 2 aromatic rings. The summed E-state index contributed by atoms with van der Waals surface area (Å²) in [5, 5.41) is 6.84. The van der Waals surface area contributed by atoms with Crippen molar-refractivity contribution in [2.75, 3.05) is 44.7 Å². The maximum atomic E-state index is 13.1. The average Bonchev–Trinajstić information content (AvgIpc) is 3.43. The maximum absolute atomic E-state index is 13.1. The molecule has 2 aliphatic heterocycles. The topological polar surface area (TPSA) is 114 Å². The molecular weight excluding hydrogens is 460 g/mol. The number of likely N-dealkylation sites (tertiary alicyclic amines) is 1. The van der Waals surface area contributed by atoms with E-state index >= 15 is 0 Å². The van der Waals surface area contributed by atoms with Gasteiger partial charge < -0.3 is 19.3 Å². The number of aryl methyl sites for hydroxylation is 1. The predicted octanol–water partition coefficient (Wildman–Crippen LogP) is 2.57. The number of morpholine rings is 1. The van der Waals surface area contributed by atoms with Gasteiger partial charge in [-0.15, -0.1) is 0 Å². The summed E-state index contributed by atoms with van der Waals surface area (Å²) in [5.74, 6) is 0.927. The number of hydrogen-bond acceptors (Lipinski definition) is 8. The molecule has 11 heteroatoms. The zero-order valence-corrected chi connectivity index (χ0v) is 20.6. The minimum atomic E-state index is -3.71. The fourth-order valence-electron chi connectivity index (χ4n) is 4.31. The number of rotatable bonds is 8. The first-order valence-electron chi connectivity index (χ1n) is 11.6. The number of anilines is 1. The lowest BCUT2D eigenvalue weighted by Gasteiger charge is -2.26. The number of nitrogens with zero attached hydrogens (tertiary/aromatic N) is 3. The molecule has 0 bridgehead atoms. The van der Waals surface area contributed by atoms with Crippen LogP contribution in [0.3, 0.4) is 0 Å². The van der Waals surface area contributed by atoms with E-state index in [-0.39, 0.29) is 29.5 Å². The van der Waals surface area contributed by atoms with Gasteiger partial charge in [0.1, 0.15) is 5.75 Å². The van der Waals surface area contributed by atoms with Gasteiger partial charge in [0.2, 0.25) is 15.9 Å². The zero-order chi connectivity index (χ0) is 24.3. The highest BCUT2D eigenvalue weighted by Gasteiger charge is 2.31. The van der Waals surface area contributed by atoms with Crippen LogP contribution in [0.1, 0.15) is 44.2 Å². The summed E-state index contributed by atoms with van der Waals surface area (Å²) in [6.45, 7) is 7.84. The third-order valence-electron chi connectivity index (χ3n) is 5.88. The lowest BCUT2D eigenvalue weighted by atomic mass is 10.1. The molecule has 4 rings (SSSR count). The Labute approximate surface area is 200 Å². The van der Waals surface area contributed by atoms with Gasteiger partial charge in [-0.1, -0.05) is 5.16 Å². The van der Waals surface area contributed by atoms with Gasteiger partial charge in [0.05, 0.1) is 48.2 Å². The van der Waals surface area contributed by atoms with Gasteiger partial charge in [-0.2, -0.15) is 4.31 Å². The van der Waals surface area contributed by atoms with Crippen molar-refractivity contribution in [3.63, 3.8) is 0 Å². The Kier molecular flexibility index (Phi) is 7.56. The van der Waals surface area contributed by atoms with E-state index in [1.807, 2.05) is 31.7 Å². The van der Waals surface area contributed by atoms with Crippen LogP contribution in [-0.4, -0.2) is 74.2 Å². The lowest BCUT2D eigenvalue weighted by Crippen LogP contribution is -2.40. The molecule has 1 N–H and O–H groups in total. The second kappa shape index (κ2) is 10.4. The molecule has 1 aromatic heterocycles. The molecule has 0 aliphatic carbocycles. The van der Waals surface area contributed by atoms with Gasteiger partial charge >= 0.3 is 0 Å². The highest BCUT2D eigenvalue weighted by Crippen LogP contribution is 2.33. The van der Waals surface area contributed by atoms with Crippen LogP contribution in [0.15, 0.2) is 33.7 Å². The van der Waals surface area contributed by atoms with Gasteiger partial charge in [-0.3, -0.25) is 9.69 Å². The second-order valence-corrected chi connectivity index (χ2v) is 10.8. The summed E-state index contributed by atoms with van der Waals surface area (Å²) >= 11 is 0. The van der Waals surface area contributed by atoms with E-state index in [1.54, 1.807) is 6.07 Å². The monoisotopic (exact) mass is 492 g/mol. The number of ether oxygens (including phenoxy) is 2. The molecule has 2 fully saturated rings. The first-order chi connectivity index (χ1) is 16.2. The summed E-state index contributed by atoms with van der Waals surface area (Å²) < 4.78 is 44.2. The normalized spacial score (nSPS) is 20.1. The SMILES string of the molecule is Cc1cc(C2CCCN2CC(=O)Nc2cc(S(=O)(=O)N3CCOCC3)ccc2OC(C)C)on1. The molecule has 0 spiro atoms. The van der Waals surface area contributed by atoms with Crippen molar-refractivity contribution in [1.82, 2.24) is 14.4 Å². The van der Waals surface area contributed by atoms with Crippen LogP contribution >= 0.6 is 0 Å². The molecule has 0 saturated carbocycles. The van der Waals surface area contributed by atoms with Crippen molar-refractivity contribution in [3.8, 4) is 5.75 Å². The number of aromatic nitrogens is 1. The van der Waals surface area contributed by atoms with Gasteiger partial charge in [-0.25, -0.2) is 8.42 Å². The van der Waals surface area contributed by atoms with Crippen molar-refractivity contribution in [1.29, 1.82) is 0 Å². The molecule has 2 saturated heterocycles. The molecule has 1 aromatic carbocycles. The van der Waals surface area contributed by atoms with E-state index in [0.717, 1.165) is 30.8 Å². The van der Waals surface area contributed by atoms with Crippen molar-refractivity contribution in [3.05, 3.63) is 35.7 Å². The third kappa shape index (κ3) is 5.60. The summed E-state index contributed by atoms with van der Waals surface area (Å²) in [6, 6.07) is 6.48. The Morgan fingerprint density at radius 3 is 2.68 bits per heavy atom. The number of hydrogen-bond donors (Lipinski definition) is 1. The molecular formula is C23H32N4O6S. The number of sulfonamides is 1. The van der Waals surface area contributed by atoms with Crippen molar-refractivity contribution in [2.45, 2.75) is 50.7 Å². The van der Waals surface area contributed by atoms with Crippen LogP contribution in [-0.2, 0) is 19.6 Å². The minimum Gasteiger partial charge on any atom is -0.489 e. The Hall–Kier alpha value is -2.47. The van der Waals surface area contributed by atoms with Crippen LogP contribution < -0.4 is 10.1 Å². The van der Waals surface area contributed by atoms with Crippen LogP contribution in [0, 0.1) is 6.92 Å². The van der Waals surface area contributed by atoms with Gasteiger partial charge in [0.25, 0.3) is 0 Å². The third-order valence-corrected chi connectivity index (χ3v) is 7.78. The smallest absolute Gasteiger partial charge is 0.243 e. The molecule has 34 heavy (non-hydrogen) atoms. The van der Waals surface area contributed by atoms with E-state index in [9.17, 15) is 13.2 Å². The predicted molar refractivity (Wildman–Crippen MR) is 125 cm³/mol. The Morgan fingerprint density at radius 2 is 2.00 bits per heavy atom. The Morgan fingerprint density at radius 1 is 1.24 bits per heavy atom. The van der Waals surface area contributed by atoms with E-state index in [1.165, 1.54) is 16.4 Å². The van der Waals surface area contributed by atoms with Gasteiger partial charge in [0.15, 0.2) is 5.76 Å². The molecule has 186 valence electrons. The molecule has 1 atom stereocenters. The zero-order valence-electron chi connectivity index (χ0n) is 19.8. The van der Waals surface area contributed by atoms with Gasteiger partial charge in [0, 0.05) is 19.2 Å². The fourth-order valence-corrected chi connectivity index (χ4v) is 5.75. The molecule has 1 amide bonds. The summed E-state index contributed by atoms with van der Waals surface area (Å²) in [7, 11) is -3.71. The summed E-state index contributed by atoms with van der Waals surface area (Å²) in [5.41, 5.74) is 1.14. The minimum absolute atomic E-state index is 0.00799. The average molecular weight is 493 g/mol. The lowest BCUT2D eigenvalue weighted by molar-refractivity contribution is -0.117. The fraction of sp³-hybridized carbons (Fsp3) is 0.565. The van der Waals surface area contributed by atoms with E-state index in [4.69, 9.17) is 14.0 Å². The standard InChI is InChI=1S/C23H32N4O6S/c1-16(2)32-21-7-6-18(34(29,30)27-9-11-31-12-10-27)14-19(21)24-23(28)15-26-8-4-5-20(26)22-13-17(3)25-33-22/h6-7,13-14,16,20H,4-5,8-12,15H2,1-3H3,(H,24,28). The van der Waals surface area contributed by atoms with Crippen molar-refractivity contribution < 1.29 is 27.2 Å². The Balaban J connectivity index is 1.53. The summed E-state index contributed by atoms with van der Waals surface area (Å²) in [6.07, 6.45) is 1.69. The number of carbonyl (C=O) groups excluding carboxylic acids is 1. The van der Waals surface area contributed by atoms with Gasteiger partial charge in [-0.05, 0) is 58.4 Å². The summed E-state index contributed by atoms with van der Waals surface area (Å²) in [4.78, 5) is 15.2. The van der Waals surface area contributed by atoms with Crippen LogP contribution in [0.25, 0.3) is 0 Å². The molecule has 0 radical (unpaired) electrons. The number of carbonyl (C=O) groups is 1. The van der Waals surface area contributed by atoms with E-state index in [2.05, 4.69) is 10.5 Å². The number of amides is 1. The highest BCUT2D eigenvalue weighted by atomic mass is 32.2. The quantitative estimate of drug-likeness (QED) is 0.598. The van der Waals surface area contributed by atoms with Crippen LogP contribution in [0.5, 0.6) is 5.75 Å². The number of benzene rings is 1. The van der Waals surface area contributed by atoms with E-state index in [0.29, 0.717) is 37.7 Å². The molecule has 1 unspecified atom stereocenters. The molecule has 3 heterocycles. The van der Waals surface area contributed by atoms with Crippen molar-refractivity contribution >= 4 is 21.6 Å². The van der Waals surface area contributed by atoms with E-state index < -0.39 is 10.0 Å². The Bertz CT molecular complexity index is 1110.